The number of nitrogens with one attached hydrogen (secondary N) is 1. The Morgan fingerprint density at radius 2 is 2.16 bits per heavy atom. The minimum absolute atomic E-state index is 0.0301. The second kappa shape index (κ2) is 6.84. The molecule has 1 rings (SSSR count). The molecule has 0 bridgehead atoms. The van der Waals surface area contributed by atoms with Gasteiger partial charge in [0.25, 0.3) is 0 Å². The number of rotatable bonds is 6. The van der Waals surface area contributed by atoms with Gasteiger partial charge in [-0.25, -0.2) is 10.2 Å². The highest BCUT2D eigenvalue weighted by atomic mass is 19.1. The topological polar surface area (TPSA) is 81.4 Å². The van der Waals surface area contributed by atoms with Crippen molar-refractivity contribution in [3.8, 4) is 5.75 Å². The maximum atomic E-state index is 13.5. The summed E-state index contributed by atoms with van der Waals surface area (Å²) in [5.41, 5.74) is 2.05. The van der Waals surface area contributed by atoms with E-state index in [4.69, 9.17) is 10.6 Å². The Hall–Kier alpha value is -1.95. The Balaban J connectivity index is 2.60. The van der Waals surface area contributed by atoms with E-state index in [1.165, 1.54) is 19.1 Å². The zero-order chi connectivity index (χ0) is 14.4. The number of carbonyl (C=O) groups is 2. The van der Waals surface area contributed by atoms with Crippen LogP contribution in [0.2, 0.25) is 0 Å². The van der Waals surface area contributed by atoms with Crippen LogP contribution >= 0.6 is 0 Å². The lowest BCUT2D eigenvalue weighted by atomic mass is 10.1. The van der Waals surface area contributed by atoms with E-state index in [0.29, 0.717) is 12.2 Å². The van der Waals surface area contributed by atoms with Gasteiger partial charge in [-0.3, -0.25) is 15.0 Å². The second-order valence-corrected chi connectivity index (χ2v) is 4.23. The number of nitrogens with two attached hydrogens (primary N) is 1. The van der Waals surface area contributed by atoms with Crippen molar-refractivity contribution < 1.29 is 18.7 Å². The summed E-state index contributed by atoms with van der Waals surface area (Å²) in [6, 6.07) is 4.07. The second-order valence-electron chi connectivity index (χ2n) is 4.23. The Kier molecular flexibility index (Phi) is 5.44. The van der Waals surface area contributed by atoms with Gasteiger partial charge in [-0.1, -0.05) is 0 Å². The summed E-state index contributed by atoms with van der Waals surface area (Å²) >= 11 is 0. The third-order valence-corrected chi connectivity index (χ3v) is 2.60. The minimum atomic E-state index is -0.614. The van der Waals surface area contributed by atoms with E-state index in [1.54, 1.807) is 6.92 Å². The lowest BCUT2D eigenvalue weighted by Gasteiger charge is -2.14. The molecule has 0 aromatic heterocycles. The number of carbonyl (C=O) groups excluding carboxylic acids is 2. The molecule has 3 N–H and O–H groups in total. The van der Waals surface area contributed by atoms with Crippen LogP contribution in [0, 0.1) is 5.82 Å². The quantitative estimate of drug-likeness (QED) is 0.355. The zero-order valence-corrected chi connectivity index (χ0v) is 10.9. The molecule has 0 spiro atoms. The molecule has 104 valence electrons. The lowest BCUT2D eigenvalue weighted by Crippen LogP contribution is -2.30. The zero-order valence-electron chi connectivity index (χ0n) is 10.9. The first-order valence-corrected chi connectivity index (χ1v) is 5.90. The highest BCUT2D eigenvalue weighted by molar-refractivity contribution is 5.94. The molecule has 19 heavy (non-hydrogen) atoms. The SMILES string of the molecule is CC(=O)c1ccc(OC(C)CCC(=O)NN)cc1F. The molecule has 0 aliphatic heterocycles. The number of hydrogen-bond donors (Lipinski definition) is 2. The number of hydrazine groups is 1. The van der Waals surface area contributed by atoms with E-state index in [-0.39, 0.29) is 29.8 Å². The van der Waals surface area contributed by atoms with Gasteiger partial charge in [-0.15, -0.1) is 0 Å². The monoisotopic (exact) mass is 268 g/mol. The molecule has 1 aromatic carbocycles. The van der Waals surface area contributed by atoms with Crippen LogP contribution in [0.25, 0.3) is 0 Å². The predicted octanol–water partition coefficient (Wildman–Crippen LogP) is 1.57. The van der Waals surface area contributed by atoms with E-state index >= 15 is 0 Å². The van der Waals surface area contributed by atoms with Crippen molar-refractivity contribution >= 4 is 11.7 Å². The van der Waals surface area contributed by atoms with Gasteiger partial charge in [0, 0.05) is 12.5 Å². The normalized spacial score (nSPS) is 11.8. The third kappa shape index (κ3) is 4.67. The van der Waals surface area contributed by atoms with E-state index < -0.39 is 5.82 Å². The van der Waals surface area contributed by atoms with Gasteiger partial charge < -0.3 is 4.74 Å². The van der Waals surface area contributed by atoms with Gasteiger partial charge in [0.2, 0.25) is 5.91 Å². The first kappa shape index (κ1) is 15.1. The molecule has 0 aliphatic carbocycles. The van der Waals surface area contributed by atoms with Gasteiger partial charge in [-0.2, -0.15) is 0 Å². The van der Waals surface area contributed by atoms with Gasteiger partial charge in [0.15, 0.2) is 5.78 Å². The van der Waals surface area contributed by atoms with E-state index in [1.807, 2.05) is 5.43 Å². The molecular formula is C13H17FN2O3. The van der Waals surface area contributed by atoms with Gasteiger partial charge >= 0.3 is 0 Å². The van der Waals surface area contributed by atoms with Crippen LogP contribution in [0.1, 0.15) is 37.0 Å². The summed E-state index contributed by atoms with van der Waals surface area (Å²) < 4.78 is 19.0. The number of Topliss-reactive ketones (excluding diaryl/α,β-unsaturated/α-hetero) is 1. The minimum Gasteiger partial charge on any atom is -0.491 e. The van der Waals surface area contributed by atoms with Crippen LogP contribution in [0.5, 0.6) is 5.75 Å². The molecule has 6 heteroatoms. The summed E-state index contributed by atoms with van der Waals surface area (Å²) in [4.78, 5) is 22.0. The molecule has 0 fully saturated rings. The highest BCUT2D eigenvalue weighted by Gasteiger charge is 2.11. The number of benzene rings is 1. The van der Waals surface area contributed by atoms with Crippen molar-refractivity contribution in [1.29, 1.82) is 0 Å². The molecular weight excluding hydrogens is 251 g/mol. The average Bonchev–Trinajstić information content (AvgIpc) is 2.35. The summed E-state index contributed by atoms with van der Waals surface area (Å²) in [6.45, 7) is 3.06. The van der Waals surface area contributed by atoms with E-state index in [9.17, 15) is 14.0 Å². The van der Waals surface area contributed by atoms with Crippen LogP contribution < -0.4 is 16.0 Å². The maximum Gasteiger partial charge on any atom is 0.234 e. The van der Waals surface area contributed by atoms with E-state index in [2.05, 4.69) is 0 Å². The average molecular weight is 268 g/mol. The van der Waals surface area contributed by atoms with Crippen LogP contribution in [-0.4, -0.2) is 17.8 Å². The molecule has 1 unspecified atom stereocenters. The Bertz CT molecular complexity index is 477. The molecule has 1 aromatic rings. The number of ether oxygens (including phenoxy) is 1. The van der Waals surface area contributed by atoms with Gasteiger partial charge in [0.1, 0.15) is 11.6 Å². The summed E-state index contributed by atoms with van der Waals surface area (Å²) in [5.74, 6) is 4.04. The standard InChI is InChI=1S/C13H17FN2O3/c1-8(3-6-13(18)16-15)19-10-4-5-11(9(2)17)12(14)7-10/h4-5,7-8H,3,6,15H2,1-2H3,(H,16,18). The Labute approximate surface area is 110 Å². The van der Waals surface area contributed by atoms with Crippen molar-refractivity contribution in [2.24, 2.45) is 5.84 Å². The van der Waals surface area contributed by atoms with Crippen molar-refractivity contribution in [1.82, 2.24) is 5.43 Å². The lowest BCUT2D eigenvalue weighted by molar-refractivity contribution is -0.121. The summed E-state index contributed by atoms with van der Waals surface area (Å²) in [7, 11) is 0. The molecule has 0 aliphatic rings. The predicted molar refractivity (Wildman–Crippen MR) is 68.1 cm³/mol. The van der Waals surface area contributed by atoms with Crippen LogP contribution in [0.15, 0.2) is 18.2 Å². The van der Waals surface area contributed by atoms with Crippen molar-refractivity contribution in [2.45, 2.75) is 32.8 Å². The number of ketones is 1. The summed E-state index contributed by atoms with van der Waals surface area (Å²) in [6.07, 6.45) is 0.421. The molecule has 1 amide bonds. The molecule has 0 heterocycles. The fraction of sp³-hybridized carbons (Fsp3) is 0.385. The number of amides is 1. The van der Waals surface area contributed by atoms with Gasteiger partial charge in [0.05, 0.1) is 11.7 Å². The smallest absolute Gasteiger partial charge is 0.234 e. The first-order valence-electron chi connectivity index (χ1n) is 5.90. The van der Waals surface area contributed by atoms with Gasteiger partial charge in [-0.05, 0) is 32.4 Å². The third-order valence-electron chi connectivity index (χ3n) is 2.60. The largest absolute Gasteiger partial charge is 0.491 e. The highest BCUT2D eigenvalue weighted by Crippen LogP contribution is 2.19. The number of halogens is 1. The summed E-state index contributed by atoms with van der Waals surface area (Å²) in [5, 5.41) is 0. The van der Waals surface area contributed by atoms with Crippen molar-refractivity contribution in [3.05, 3.63) is 29.6 Å². The maximum absolute atomic E-state index is 13.5. The molecule has 0 saturated heterocycles. The fourth-order valence-corrected chi connectivity index (χ4v) is 1.55. The van der Waals surface area contributed by atoms with Crippen LogP contribution in [0.4, 0.5) is 4.39 Å². The molecule has 5 nitrogen and oxygen atoms in total. The van der Waals surface area contributed by atoms with Crippen LogP contribution in [0.3, 0.4) is 0 Å². The molecule has 1 atom stereocenters. The van der Waals surface area contributed by atoms with E-state index in [0.717, 1.165) is 6.07 Å². The Morgan fingerprint density at radius 1 is 1.47 bits per heavy atom. The van der Waals surface area contributed by atoms with Crippen LogP contribution in [-0.2, 0) is 4.79 Å². The molecule has 0 saturated carbocycles. The Morgan fingerprint density at radius 3 is 2.68 bits per heavy atom. The van der Waals surface area contributed by atoms with Crippen molar-refractivity contribution in [3.63, 3.8) is 0 Å². The fourth-order valence-electron chi connectivity index (χ4n) is 1.55. The number of hydrogen-bond acceptors (Lipinski definition) is 4. The van der Waals surface area contributed by atoms with Crippen molar-refractivity contribution in [2.75, 3.05) is 0 Å². The first-order chi connectivity index (χ1) is 8.93. The molecule has 0 radical (unpaired) electrons.